The highest BCUT2D eigenvalue weighted by atomic mass is 31.2. The van der Waals surface area contributed by atoms with Gasteiger partial charge in [0.05, 0.1) is 6.61 Å². The molecule has 12 heteroatoms. The molecule has 11 nitrogen and oxygen atoms in total. The lowest BCUT2D eigenvalue weighted by molar-refractivity contribution is -0.0543. The molecule has 0 saturated carbocycles. The first-order valence-corrected chi connectivity index (χ1v) is 8.07. The van der Waals surface area contributed by atoms with Gasteiger partial charge >= 0.3 is 13.5 Å². The summed E-state index contributed by atoms with van der Waals surface area (Å²) in [5.74, 6) is 0. The molecule has 1 fully saturated rings. The number of nitrogens with zero attached hydrogens (tertiary/aromatic N) is 3. The summed E-state index contributed by atoms with van der Waals surface area (Å²) in [5.41, 5.74) is -0.145. The summed E-state index contributed by atoms with van der Waals surface area (Å²) in [5, 5.41) is 20.0. The molecule has 1 aliphatic heterocycles. The highest BCUT2D eigenvalue weighted by Crippen LogP contribution is 2.38. The van der Waals surface area contributed by atoms with Gasteiger partial charge in [-0.25, -0.2) is 14.3 Å². The predicted octanol–water partition coefficient (Wildman–Crippen LogP) is -1.78. The van der Waals surface area contributed by atoms with Crippen LogP contribution in [0.3, 0.4) is 0 Å². The normalized spacial score (nSPS) is 28.5. The Balaban J connectivity index is 1.86. The Hall–Kier alpha value is -1.59. The topological polar surface area (TPSA) is 156 Å². The third kappa shape index (κ3) is 3.08. The largest absolute Gasteiger partial charge is 0.469 e. The first kappa shape index (κ1) is 16.3. The molecule has 0 bridgehead atoms. The minimum absolute atomic E-state index is 0.403. The van der Waals surface area contributed by atoms with Gasteiger partial charge in [0.15, 0.2) is 6.23 Å². The third-order valence-electron chi connectivity index (χ3n) is 3.50. The fourth-order valence-electron chi connectivity index (χ4n) is 2.40. The van der Waals surface area contributed by atoms with E-state index in [0.717, 1.165) is 4.57 Å². The number of phosphoric ester groups is 1. The average molecular weight is 347 g/mol. The van der Waals surface area contributed by atoms with Crippen molar-refractivity contribution in [2.75, 3.05) is 6.61 Å². The van der Waals surface area contributed by atoms with Crippen molar-refractivity contribution in [1.82, 2.24) is 14.0 Å². The van der Waals surface area contributed by atoms with Crippen molar-refractivity contribution in [2.45, 2.75) is 24.5 Å². The van der Waals surface area contributed by atoms with Crippen LogP contribution in [-0.2, 0) is 13.8 Å². The molecule has 0 aromatic carbocycles. The molecule has 0 unspecified atom stereocenters. The lowest BCUT2D eigenvalue weighted by Gasteiger charge is -2.17. The van der Waals surface area contributed by atoms with Crippen molar-refractivity contribution >= 4 is 13.5 Å². The van der Waals surface area contributed by atoms with Gasteiger partial charge in [0.1, 0.15) is 24.0 Å². The number of hydrogen-bond acceptors (Lipinski definition) is 7. The van der Waals surface area contributed by atoms with E-state index in [1.54, 1.807) is 0 Å². The summed E-state index contributed by atoms with van der Waals surface area (Å²) >= 11 is 0. The molecule has 4 atom stereocenters. The van der Waals surface area contributed by atoms with Gasteiger partial charge in [-0.3, -0.25) is 13.5 Å². The number of aliphatic hydroxyl groups is 2. The number of imidazole rings is 1. The molecular weight excluding hydrogens is 333 g/mol. The summed E-state index contributed by atoms with van der Waals surface area (Å²) in [6, 6.07) is 1.52. The van der Waals surface area contributed by atoms with E-state index in [0.29, 0.717) is 5.65 Å². The van der Waals surface area contributed by atoms with Gasteiger partial charge in [-0.05, 0) is 6.07 Å². The summed E-state index contributed by atoms with van der Waals surface area (Å²) in [6.07, 6.45) is -1.17. The Morgan fingerprint density at radius 3 is 2.74 bits per heavy atom. The van der Waals surface area contributed by atoms with Crippen molar-refractivity contribution in [3.8, 4) is 0 Å². The molecule has 0 amide bonds. The molecule has 23 heavy (non-hydrogen) atoms. The Labute approximate surface area is 128 Å². The lowest BCUT2D eigenvalue weighted by atomic mass is 10.1. The molecule has 2 aromatic heterocycles. The fourth-order valence-corrected chi connectivity index (χ4v) is 2.74. The summed E-state index contributed by atoms with van der Waals surface area (Å²) in [6.45, 7) is -0.638. The molecule has 3 rings (SSSR count). The zero-order valence-electron chi connectivity index (χ0n) is 11.5. The van der Waals surface area contributed by atoms with Crippen LogP contribution < -0.4 is 5.69 Å². The predicted molar refractivity (Wildman–Crippen MR) is 73.4 cm³/mol. The van der Waals surface area contributed by atoms with E-state index in [4.69, 9.17) is 14.5 Å². The fraction of sp³-hybridized carbons (Fsp3) is 0.455. The molecule has 3 heterocycles. The molecule has 0 aliphatic carbocycles. The molecule has 4 N–H and O–H groups in total. The molecule has 1 aliphatic rings. The first-order valence-electron chi connectivity index (χ1n) is 6.54. The SMILES string of the molecule is O=c1n([C@@H]2O[C@H](COP(=O)(O)O)[C@@H](O)[C@H]2O)ccc2nccn12. The monoisotopic (exact) mass is 347 g/mol. The van der Waals surface area contributed by atoms with Crippen molar-refractivity contribution in [1.29, 1.82) is 0 Å². The zero-order valence-corrected chi connectivity index (χ0v) is 12.4. The van der Waals surface area contributed by atoms with E-state index in [-0.39, 0.29) is 0 Å². The van der Waals surface area contributed by atoms with E-state index in [9.17, 15) is 19.6 Å². The number of phosphoric acid groups is 1. The average Bonchev–Trinajstić information content (AvgIpc) is 3.05. The maximum absolute atomic E-state index is 12.3. The molecule has 0 spiro atoms. The molecular formula is C11H14N3O8P. The van der Waals surface area contributed by atoms with Gasteiger partial charge in [-0.15, -0.1) is 0 Å². The second-order valence-corrected chi connectivity index (χ2v) is 6.23. The second kappa shape index (κ2) is 5.80. The first-order chi connectivity index (χ1) is 10.8. The van der Waals surface area contributed by atoms with Crippen LogP contribution in [0.25, 0.3) is 5.65 Å². The number of hydrogen-bond donors (Lipinski definition) is 4. The van der Waals surface area contributed by atoms with E-state index in [1.807, 2.05) is 0 Å². The molecule has 1 saturated heterocycles. The number of ether oxygens (including phenoxy) is 1. The summed E-state index contributed by atoms with van der Waals surface area (Å²) in [7, 11) is -4.74. The lowest BCUT2D eigenvalue weighted by Crippen LogP contribution is -2.36. The molecule has 126 valence electrons. The van der Waals surface area contributed by atoms with Gasteiger partial charge in [0, 0.05) is 18.6 Å². The van der Waals surface area contributed by atoms with E-state index >= 15 is 0 Å². The van der Waals surface area contributed by atoms with Crippen LogP contribution in [0.5, 0.6) is 0 Å². The van der Waals surface area contributed by atoms with Gasteiger partial charge in [-0.2, -0.15) is 0 Å². The maximum atomic E-state index is 12.3. The summed E-state index contributed by atoms with van der Waals surface area (Å²) < 4.78 is 22.6. The van der Waals surface area contributed by atoms with Crippen LogP contribution in [0.1, 0.15) is 6.23 Å². The quantitative estimate of drug-likeness (QED) is 0.470. The number of fused-ring (bicyclic) bond motifs is 1. The van der Waals surface area contributed by atoms with Crippen LogP contribution in [0.15, 0.2) is 29.5 Å². The zero-order chi connectivity index (χ0) is 16.8. The van der Waals surface area contributed by atoms with Crippen LogP contribution in [0, 0.1) is 0 Å². The van der Waals surface area contributed by atoms with Crippen LogP contribution in [0.2, 0.25) is 0 Å². The van der Waals surface area contributed by atoms with Crippen LogP contribution >= 0.6 is 7.82 Å². The van der Waals surface area contributed by atoms with Crippen LogP contribution in [0.4, 0.5) is 0 Å². The second-order valence-electron chi connectivity index (χ2n) is 4.99. The van der Waals surface area contributed by atoms with E-state index in [1.165, 1.54) is 29.1 Å². The Morgan fingerprint density at radius 1 is 1.30 bits per heavy atom. The Bertz CT molecular complexity index is 813. The highest BCUT2D eigenvalue weighted by molar-refractivity contribution is 7.46. The van der Waals surface area contributed by atoms with Gasteiger partial charge in [-0.1, -0.05) is 0 Å². The molecule has 2 aromatic rings. The van der Waals surface area contributed by atoms with Crippen molar-refractivity contribution in [3.63, 3.8) is 0 Å². The van der Waals surface area contributed by atoms with Crippen LogP contribution in [-0.4, -0.2) is 58.9 Å². The van der Waals surface area contributed by atoms with Crippen molar-refractivity contribution in [3.05, 3.63) is 35.1 Å². The summed E-state index contributed by atoms with van der Waals surface area (Å²) in [4.78, 5) is 33.6. The van der Waals surface area contributed by atoms with Gasteiger partial charge in [0.2, 0.25) is 0 Å². The Morgan fingerprint density at radius 2 is 2.04 bits per heavy atom. The van der Waals surface area contributed by atoms with Crippen molar-refractivity contribution < 1.29 is 33.8 Å². The van der Waals surface area contributed by atoms with Gasteiger partial charge < -0.3 is 24.7 Å². The highest BCUT2D eigenvalue weighted by Gasteiger charge is 2.45. The number of rotatable bonds is 4. The van der Waals surface area contributed by atoms with Gasteiger partial charge in [0.25, 0.3) is 0 Å². The Kier molecular flexibility index (Phi) is 4.10. The van der Waals surface area contributed by atoms with E-state index in [2.05, 4.69) is 9.51 Å². The third-order valence-corrected chi connectivity index (χ3v) is 3.98. The smallest absolute Gasteiger partial charge is 0.387 e. The van der Waals surface area contributed by atoms with Crippen molar-refractivity contribution in [2.24, 2.45) is 0 Å². The minimum atomic E-state index is -4.74. The standard InChI is InChI=1S/C11H14N3O8P/c15-8-6(5-21-23(18,19)20)22-10(9(8)16)14-3-1-7-12-2-4-13(7)11(14)17/h1-4,6,8-10,15-16H,5H2,(H2,18,19,20)/t6-,8-,9-,10-/m1/s1. The minimum Gasteiger partial charge on any atom is -0.387 e. The number of aliphatic hydroxyl groups excluding tert-OH is 2. The molecule has 0 radical (unpaired) electrons. The maximum Gasteiger partial charge on any atom is 0.469 e. The number of aromatic nitrogens is 3. The van der Waals surface area contributed by atoms with E-state index < -0.39 is 44.7 Å².